The number of hydrogen-bond donors (Lipinski definition) is 2. The van der Waals surface area contributed by atoms with E-state index < -0.39 is 18.0 Å². The molecular weight excluding hydrogens is 187 g/mol. The second-order valence-corrected chi connectivity index (χ2v) is 3.36. The molecule has 2 rings (SSSR count). The van der Waals surface area contributed by atoms with Gasteiger partial charge in [-0.2, -0.15) is 0 Å². The first-order valence-electron chi connectivity index (χ1n) is 4.45. The highest BCUT2D eigenvalue weighted by atomic mass is 19.1. The van der Waals surface area contributed by atoms with Crippen molar-refractivity contribution in [3.8, 4) is 5.75 Å². The monoisotopic (exact) mass is 198 g/mol. The molecule has 1 aliphatic heterocycles. The Morgan fingerprint density at radius 3 is 3.00 bits per heavy atom. The van der Waals surface area contributed by atoms with E-state index in [1.54, 1.807) is 0 Å². The number of hydrogen-bond acceptors (Lipinski definition) is 3. The number of aliphatic hydroxyl groups excluding tert-OH is 2. The van der Waals surface area contributed by atoms with Crippen molar-refractivity contribution < 1.29 is 19.3 Å². The van der Waals surface area contributed by atoms with Crippen LogP contribution in [0, 0.1) is 5.82 Å². The Morgan fingerprint density at radius 1 is 1.50 bits per heavy atom. The van der Waals surface area contributed by atoms with Crippen molar-refractivity contribution in [1.82, 2.24) is 0 Å². The maximum Gasteiger partial charge on any atom is 0.125 e. The van der Waals surface area contributed by atoms with Crippen LogP contribution in [-0.4, -0.2) is 22.9 Å². The Hall–Kier alpha value is -1.13. The molecule has 0 aromatic heterocycles. The number of aliphatic hydroxyl groups is 2. The summed E-state index contributed by atoms with van der Waals surface area (Å²) in [6.45, 7) is -0.145. The molecule has 0 spiro atoms. The molecular formula is C10H11FO3. The molecule has 0 aliphatic carbocycles. The summed E-state index contributed by atoms with van der Waals surface area (Å²) in [6, 6.07) is 3.99. The molecule has 0 saturated heterocycles. The molecule has 76 valence electrons. The third-order valence-electron chi connectivity index (χ3n) is 2.31. The summed E-state index contributed by atoms with van der Waals surface area (Å²) in [5, 5.41) is 18.5. The minimum Gasteiger partial charge on any atom is -0.488 e. The first kappa shape index (κ1) is 9.43. The van der Waals surface area contributed by atoms with Gasteiger partial charge in [-0.25, -0.2) is 4.39 Å². The van der Waals surface area contributed by atoms with Crippen LogP contribution in [0.3, 0.4) is 0 Å². The molecule has 1 aliphatic rings. The fraction of sp³-hybridized carbons (Fsp3) is 0.400. The van der Waals surface area contributed by atoms with Gasteiger partial charge in [-0.3, -0.25) is 0 Å². The largest absolute Gasteiger partial charge is 0.488 e. The third kappa shape index (κ3) is 1.58. The highest BCUT2D eigenvalue weighted by molar-refractivity contribution is 5.37. The van der Waals surface area contributed by atoms with Crippen molar-refractivity contribution in [2.75, 3.05) is 6.61 Å². The van der Waals surface area contributed by atoms with Gasteiger partial charge in [0.25, 0.3) is 0 Å². The van der Waals surface area contributed by atoms with E-state index in [0.717, 1.165) is 0 Å². The van der Waals surface area contributed by atoms with Gasteiger partial charge in [0, 0.05) is 12.0 Å². The highest BCUT2D eigenvalue weighted by Crippen LogP contribution is 2.34. The summed E-state index contributed by atoms with van der Waals surface area (Å²) in [6.07, 6.45) is -0.859. The van der Waals surface area contributed by atoms with Gasteiger partial charge in [0.1, 0.15) is 17.7 Å². The summed E-state index contributed by atoms with van der Waals surface area (Å²) in [5.74, 6) is 0.0537. The maximum atomic E-state index is 12.8. The molecule has 2 N–H and O–H groups in total. The summed E-state index contributed by atoms with van der Waals surface area (Å²) in [7, 11) is 0. The average molecular weight is 198 g/mol. The molecule has 1 aromatic carbocycles. The number of fused-ring (bicyclic) bond motifs is 1. The van der Waals surface area contributed by atoms with Gasteiger partial charge >= 0.3 is 0 Å². The Bertz CT molecular complexity index is 340. The molecule has 4 heteroatoms. The van der Waals surface area contributed by atoms with Crippen molar-refractivity contribution in [3.05, 3.63) is 29.6 Å². The molecule has 0 amide bonds. The molecule has 0 saturated carbocycles. The lowest BCUT2D eigenvalue weighted by molar-refractivity contribution is 0.0330. The van der Waals surface area contributed by atoms with Crippen molar-refractivity contribution in [2.45, 2.75) is 18.6 Å². The summed E-state index contributed by atoms with van der Waals surface area (Å²) < 4.78 is 18.2. The van der Waals surface area contributed by atoms with Crippen LogP contribution >= 0.6 is 0 Å². The molecule has 2 atom stereocenters. The Balaban J connectivity index is 2.35. The molecule has 1 heterocycles. The number of benzene rings is 1. The SMILES string of the molecule is OCC1C[C@H](O)c2cc(F)ccc2O1. The predicted octanol–water partition coefficient (Wildman–Crippen LogP) is 1.00. The normalized spacial score (nSPS) is 25.4. The summed E-state index contributed by atoms with van der Waals surface area (Å²) in [4.78, 5) is 0. The third-order valence-corrected chi connectivity index (χ3v) is 2.31. The van der Waals surface area contributed by atoms with Crippen molar-refractivity contribution in [1.29, 1.82) is 0 Å². The van der Waals surface area contributed by atoms with Gasteiger partial charge in [-0.15, -0.1) is 0 Å². The fourth-order valence-corrected chi connectivity index (χ4v) is 1.60. The second-order valence-electron chi connectivity index (χ2n) is 3.36. The van der Waals surface area contributed by atoms with Gasteiger partial charge in [0.05, 0.1) is 12.7 Å². The van der Waals surface area contributed by atoms with Crippen LogP contribution in [0.1, 0.15) is 18.1 Å². The van der Waals surface area contributed by atoms with Crippen LogP contribution in [-0.2, 0) is 0 Å². The van der Waals surface area contributed by atoms with E-state index in [0.29, 0.717) is 17.7 Å². The molecule has 14 heavy (non-hydrogen) atoms. The first-order chi connectivity index (χ1) is 6.70. The Morgan fingerprint density at radius 2 is 2.29 bits per heavy atom. The fourth-order valence-electron chi connectivity index (χ4n) is 1.60. The average Bonchev–Trinajstić information content (AvgIpc) is 2.19. The lowest BCUT2D eigenvalue weighted by Crippen LogP contribution is -2.28. The zero-order chi connectivity index (χ0) is 10.1. The number of halogens is 1. The van der Waals surface area contributed by atoms with Crippen LogP contribution < -0.4 is 4.74 Å². The van der Waals surface area contributed by atoms with Crippen LogP contribution in [0.5, 0.6) is 5.75 Å². The van der Waals surface area contributed by atoms with Crippen molar-refractivity contribution in [3.63, 3.8) is 0 Å². The van der Waals surface area contributed by atoms with E-state index in [2.05, 4.69) is 0 Å². The minimum absolute atomic E-state index is 0.145. The van der Waals surface area contributed by atoms with Gasteiger partial charge in [-0.1, -0.05) is 0 Å². The lowest BCUT2D eigenvalue weighted by atomic mass is 9.99. The molecule has 0 bridgehead atoms. The van der Waals surface area contributed by atoms with E-state index >= 15 is 0 Å². The van der Waals surface area contributed by atoms with Crippen LogP contribution in [0.25, 0.3) is 0 Å². The van der Waals surface area contributed by atoms with Crippen molar-refractivity contribution in [2.24, 2.45) is 0 Å². The van der Waals surface area contributed by atoms with E-state index in [-0.39, 0.29) is 6.61 Å². The van der Waals surface area contributed by atoms with E-state index in [1.165, 1.54) is 18.2 Å². The quantitative estimate of drug-likeness (QED) is 0.707. The van der Waals surface area contributed by atoms with Crippen LogP contribution in [0.4, 0.5) is 4.39 Å². The topological polar surface area (TPSA) is 49.7 Å². The maximum absolute atomic E-state index is 12.8. The Labute approximate surface area is 80.8 Å². The zero-order valence-electron chi connectivity index (χ0n) is 7.48. The number of rotatable bonds is 1. The minimum atomic E-state index is -0.758. The van der Waals surface area contributed by atoms with Gasteiger partial charge in [0.15, 0.2) is 0 Å². The van der Waals surface area contributed by atoms with Crippen molar-refractivity contribution >= 4 is 0 Å². The predicted molar refractivity (Wildman–Crippen MR) is 47.5 cm³/mol. The molecule has 1 aromatic rings. The van der Waals surface area contributed by atoms with E-state index in [4.69, 9.17) is 9.84 Å². The van der Waals surface area contributed by atoms with E-state index in [1.807, 2.05) is 0 Å². The van der Waals surface area contributed by atoms with Gasteiger partial charge < -0.3 is 14.9 Å². The lowest BCUT2D eigenvalue weighted by Gasteiger charge is -2.28. The second kappa shape index (κ2) is 3.55. The standard InChI is InChI=1S/C10H11FO3/c11-6-1-2-10-8(3-6)9(13)4-7(5-12)14-10/h1-3,7,9,12-13H,4-5H2/t7?,9-/m0/s1. The number of ether oxygens (including phenoxy) is 1. The summed E-state index contributed by atoms with van der Waals surface area (Å²) in [5.41, 5.74) is 0.453. The molecule has 1 unspecified atom stereocenters. The molecule has 0 radical (unpaired) electrons. The molecule has 3 nitrogen and oxygen atoms in total. The van der Waals surface area contributed by atoms with Gasteiger partial charge in [0.2, 0.25) is 0 Å². The van der Waals surface area contributed by atoms with Crippen LogP contribution in [0.2, 0.25) is 0 Å². The van der Waals surface area contributed by atoms with Gasteiger partial charge in [-0.05, 0) is 18.2 Å². The summed E-state index contributed by atoms with van der Waals surface area (Å²) >= 11 is 0. The smallest absolute Gasteiger partial charge is 0.125 e. The molecule has 0 fully saturated rings. The van der Waals surface area contributed by atoms with Crippen LogP contribution in [0.15, 0.2) is 18.2 Å². The van der Waals surface area contributed by atoms with E-state index in [9.17, 15) is 9.50 Å². The highest BCUT2D eigenvalue weighted by Gasteiger charge is 2.26. The first-order valence-corrected chi connectivity index (χ1v) is 4.45. The zero-order valence-corrected chi connectivity index (χ0v) is 7.48. The Kier molecular flexibility index (Phi) is 2.39.